The predicted octanol–water partition coefficient (Wildman–Crippen LogP) is 1.24. The van der Waals surface area contributed by atoms with Gasteiger partial charge in [0.25, 0.3) is 0 Å². The van der Waals surface area contributed by atoms with E-state index in [9.17, 15) is 20.7 Å². The first kappa shape index (κ1) is 21.1. The number of nitrogen functional groups attached to an aromatic ring is 1. The van der Waals surface area contributed by atoms with Crippen LogP contribution >= 0.6 is 11.8 Å². The van der Waals surface area contributed by atoms with Crippen LogP contribution in [0.5, 0.6) is 17.2 Å². The minimum Gasteiger partial charge on any atom is -0.504 e. The van der Waals surface area contributed by atoms with E-state index in [1.54, 1.807) is 0 Å². The highest BCUT2D eigenvalue weighted by molar-refractivity contribution is 7.99. The molecule has 1 unspecified atom stereocenters. The number of hydrogen-bond donors (Lipinski definition) is 4. The van der Waals surface area contributed by atoms with Crippen molar-refractivity contribution in [2.75, 3.05) is 32.3 Å². The van der Waals surface area contributed by atoms with Crippen LogP contribution in [0.25, 0.3) is 11.1 Å². The van der Waals surface area contributed by atoms with Gasteiger partial charge in [0.05, 0.1) is 32.5 Å². The molecule has 0 aliphatic rings. The first-order valence-electron chi connectivity index (χ1n) is 7.92. The molecule has 0 saturated carbocycles. The number of hydrogen-bond acceptors (Lipinski definition) is 10. The molecular weight excluding hydrogens is 384 g/mol. The van der Waals surface area contributed by atoms with E-state index in [0.29, 0.717) is 5.56 Å². The topological polar surface area (TPSA) is 166 Å². The molecule has 146 valence electrons. The van der Waals surface area contributed by atoms with Gasteiger partial charge in [0.2, 0.25) is 5.75 Å². The molecule has 0 radical (unpaired) electrons. The molecule has 0 spiro atoms. The number of thioether (sulfide) groups is 1. The Bertz CT molecular complexity index is 968. The van der Waals surface area contributed by atoms with E-state index in [1.165, 1.54) is 26.4 Å². The Labute approximate surface area is 165 Å². The van der Waals surface area contributed by atoms with Gasteiger partial charge in [-0.3, -0.25) is 0 Å². The van der Waals surface area contributed by atoms with Crippen molar-refractivity contribution in [1.29, 1.82) is 10.5 Å². The van der Waals surface area contributed by atoms with Crippen LogP contribution in [0.1, 0.15) is 11.1 Å². The summed E-state index contributed by atoms with van der Waals surface area (Å²) in [6.45, 7) is -0.447. The number of benzene rings is 1. The molecule has 28 heavy (non-hydrogen) atoms. The van der Waals surface area contributed by atoms with E-state index in [1.807, 2.05) is 12.1 Å². The summed E-state index contributed by atoms with van der Waals surface area (Å²) >= 11 is 1.02. The van der Waals surface area contributed by atoms with Gasteiger partial charge in [-0.05, 0) is 17.7 Å². The van der Waals surface area contributed by atoms with Crippen molar-refractivity contribution >= 4 is 17.6 Å². The summed E-state index contributed by atoms with van der Waals surface area (Å²) in [6.07, 6.45) is -1.01. The lowest BCUT2D eigenvalue weighted by atomic mass is 9.96. The molecule has 0 aliphatic heterocycles. The number of nitrogens with zero attached hydrogens (tertiary/aromatic N) is 3. The van der Waals surface area contributed by atoms with Crippen molar-refractivity contribution in [3.63, 3.8) is 0 Å². The van der Waals surface area contributed by atoms with E-state index >= 15 is 0 Å². The fraction of sp³-hybridized carbons (Fsp3) is 0.278. The van der Waals surface area contributed by atoms with E-state index in [0.717, 1.165) is 11.8 Å². The standard InChI is InChI=1S/C18H18N4O5S/c1-26-14-4-9(3-13(25)16(14)27-2)15-11(5-19)17(21)22-18(12(15)6-20)28-8-10(24)7-23/h3-4,10,23-25H,7-8H2,1-2H3,(H2,21,22). The molecule has 5 N–H and O–H groups in total. The minimum absolute atomic E-state index is 0.0322. The summed E-state index contributed by atoms with van der Waals surface area (Å²) in [5, 5.41) is 48.2. The third-order valence-electron chi connectivity index (χ3n) is 3.79. The number of aromatic nitrogens is 1. The largest absolute Gasteiger partial charge is 0.504 e. The number of nitriles is 2. The maximum absolute atomic E-state index is 10.3. The summed E-state index contributed by atoms with van der Waals surface area (Å²) in [5.41, 5.74) is 6.41. The predicted molar refractivity (Wildman–Crippen MR) is 102 cm³/mol. The molecule has 1 heterocycles. The fourth-order valence-corrected chi connectivity index (χ4v) is 3.42. The quantitative estimate of drug-likeness (QED) is 0.495. The molecule has 1 aromatic carbocycles. The highest BCUT2D eigenvalue weighted by Gasteiger charge is 2.23. The molecule has 0 amide bonds. The van der Waals surface area contributed by atoms with E-state index < -0.39 is 12.7 Å². The monoisotopic (exact) mass is 402 g/mol. The van der Waals surface area contributed by atoms with Crippen molar-refractivity contribution in [3.05, 3.63) is 23.3 Å². The summed E-state index contributed by atoms with van der Waals surface area (Å²) in [4.78, 5) is 4.09. The van der Waals surface area contributed by atoms with Crippen LogP contribution in [-0.4, -0.2) is 53.0 Å². The molecule has 0 bridgehead atoms. The number of phenolic OH excluding ortho intramolecular Hbond substituents is 1. The maximum Gasteiger partial charge on any atom is 0.203 e. The first-order chi connectivity index (χ1) is 13.4. The van der Waals surface area contributed by atoms with E-state index in [4.69, 9.17) is 20.3 Å². The molecule has 2 rings (SSSR count). The smallest absolute Gasteiger partial charge is 0.203 e. The number of aliphatic hydroxyl groups excluding tert-OH is 2. The Morgan fingerprint density at radius 1 is 1.21 bits per heavy atom. The second kappa shape index (κ2) is 9.15. The number of aliphatic hydroxyl groups is 2. The average molecular weight is 402 g/mol. The van der Waals surface area contributed by atoms with Gasteiger partial charge in [-0.15, -0.1) is 11.8 Å². The number of pyridine rings is 1. The molecule has 0 fully saturated rings. The Morgan fingerprint density at radius 3 is 2.43 bits per heavy atom. The number of phenols is 1. The third kappa shape index (κ3) is 4.05. The number of anilines is 1. The first-order valence-corrected chi connectivity index (χ1v) is 8.91. The van der Waals surface area contributed by atoms with Gasteiger partial charge < -0.3 is 30.5 Å². The summed E-state index contributed by atoms with van der Waals surface area (Å²) in [7, 11) is 2.75. The number of aromatic hydroxyl groups is 1. The van der Waals surface area contributed by atoms with E-state index in [-0.39, 0.29) is 50.5 Å². The molecular formula is C18H18N4O5S. The second-order valence-corrected chi connectivity index (χ2v) is 6.54. The maximum atomic E-state index is 10.3. The second-order valence-electron chi connectivity index (χ2n) is 5.53. The van der Waals surface area contributed by atoms with Crippen LogP contribution in [0.2, 0.25) is 0 Å². The summed E-state index contributed by atoms with van der Waals surface area (Å²) in [6, 6.07) is 6.77. The van der Waals surface area contributed by atoms with Crippen molar-refractivity contribution in [1.82, 2.24) is 4.98 Å². The lowest BCUT2D eigenvalue weighted by Gasteiger charge is -2.16. The number of ether oxygens (including phenoxy) is 2. The zero-order valence-electron chi connectivity index (χ0n) is 15.1. The van der Waals surface area contributed by atoms with Gasteiger partial charge in [0.15, 0.2) is 11.5 Å². The summed E-state index contributed by atoms with van der Waals surface area (Å²) in [5.74, 6) is 0.0216. The number of nitrogens with two attached hydrogens (primary N) is 1. The molecule has 0 aliphatic carbocycles. The molecule has 1 atom stereocenters. The highest BCUT2D eigenvalue weighted by Crippen LogP contribution is 2.43. The minimum atomic E-state index is -1.01. The zero-order valence-corrected chi connectivity index (χ0v) is 15.9. The van der Waals surface area contributed by atoms with Crippen molar-refractivity contribution in [2.24, 2.45) is 0 Å². The number of rotatable bonds is 7. The Kier molecular flexibility index (Phi) is 6.90. The van der Waals surface area contributed by atoms with Crippen LogP contribution in [0.3, 0.4) is 0 Å². The SMILES string of the molecule is COc1cc(-c2c(C#N)c(N)nc(SCC(O)CO)c2C#N)cc(O)c1OC. The van der Waals surface area contributed by atoms with Crippen molar-refractivity contribution in [2.45, 2.75) is 11.1 Å². The number of methoxy groups -OCH3 is 2. The lowest BCUT2D eigenvalue weighted by molar-refractivity contribution is 0.113. The van der Waals surface area contributed by atoms with Gasteiger partial charge in [0.1, 0.15) is 28.5 Å². The lowest BCUT2D eigenvalue weighted by Crippen LogP contribution is -2.15. The molecule has 1 aromatic heterocycles. The van der Waals surface area contributed by atoms with Crippen LogP contribution in [0.4, 0.5) is 5.82 Å². The third-order valence-corrected chi connectivity index (χ3v) is 4.91. The van der Waals surface area contributed by atoms with Crippen LogP contribution < -0.4 is 15.2 Å². The van der Waals surface area contributed by atoms with Gasteiger partial charge in [-0.2, -0.15) is 10.5 Å². The Morgan fingerprint density at radius 2 is 1.89 bits per heavy atom. The molecule has 10 heteroatoms. The zero-order chi connectivity index (χ0) is 20.8. The van der Waals surface area contributed by atoms with Gasteiger partial charge >= 0.3 is 0 Å². The average Bonchev–Trinajstić information content (AvgIpc) is 2.70. The van der Waals surface area contributed by atoms with Crippen molar-refractivity contribution < 1.29 is 24.8 Å². The Hall–Kier alpha value is -3.18. The molecule has 0 saturated heterocycles. The van der Waals surface area contributed by atoms with E-state index in [2.05, 4.69) is 4.98 Å². The highest BCUT2D eigenvalue weighted by atomic mass is 32.2. The van der Waals surface area contributed by atoms with Crippen molar-refractivity contribution in [3.8, 4) is 40.5 Å². The molecule has 2 aromatic rings. The molecule has 9 nitrogen and oxygen atoms in total. The van der Waals surface area contributed by atoms with Crippen LogP contribution in [0, 0.1) is 22.7 Å². The van der Waals surface area contributed by atoms with Crippen LogP contribution in [0.15, 0.2) is 17.2 Å². The van der Waals surface area contributed by atoms with Crippen LogP contribution in [-0.2, 0) is 0 Å². The normalized spacial score (nSPS) is 11.4. The van der Waals surface area contributed by atoms with Gasteiger partial charge in [0, 0.05) is 11.3 Å². The van der Waals surface area contributed by atoms with Gasteiger partial charge in [-0.1, -0.05) is 0 Å². The Balaban J connectivity index is 2.76. The summed E-state index contributed by atoms with van der Waals surface area (Å²) < 4.78 is 10.3. The van der Waals surface area contributed by atoms with Gasteiger partial charge in [-0.25, -0.2) is 4.98 Å². The fourth-order valence-electron chi connectivity index (χ4n) is 2.51.